The van der Waals surface area contributed by atoms with Gasteiger partial charge in [-0.2, -0.15) is 0 Å². The van der Waals surface area contributed by atoms with E-state index < -0.39 is 5.97 Å². The maximum absolute atomic E-state index is 10.8. The Balaban J connectivity index is 2.33. The Labute approximate surface area is 96.8 Å². The second-order valence-electron chi connectivity index (χ2n) is 3.26. The molecule has 0 saturated carbocycles. The number of anilines is 1. The highest BCUT2D eigenvalue weighted by atomic mass is 35.5. The fraction of sp³-hybridized carbons (Fsp3) is 0.444. The van der Waals surface area contributed by atoms with Gasteiger partial charge in [0.25, 0.3) is 0 Å². The van der Waals surface area contributed by atoms with Crippen molar-refractivity contribution in [1.82, 2.24) is 9.97 Å². The van der Waals surface area contributed by atoms with Gasteiger partial charge in [-0.15, -0.1) is 0 Å². The van der Waals surface area contributed by atoms with Gasteiger partial charge in [-0.1, -0.05) is 11.6 Å². The van der Waals surface area contributed by atoms with Gasteiger partial charge >= 0.3 is 5.97 Å². The molecule has 0 spiro atoms. The fourth-order valence-corrected chi connectivity index (χ4v) is 1.80. The van der Waals surface area contributed by atoms with E-state index in [4.69, 9.17) is 21.4 Å². The number of carboxylic acids is 1. The predicted molar refractivity (Wildman–Crippen MR) is 57.0 cm³/mol. The lowest BCUT2D eigenvalue weighted by atomic mass is 10.3. The number of morpholine rings is 1. The number of hydrogen-bond donors (Lipinski definition) is 1. The first kappa shape index (κ1) is 11.1. The van der Waals surface area contributed by atoms with Crippen LogP contribution in [-0.2, 0) is 4.74 Å². The highest BCUT2D eigenvalue weighted by Crippen LogP contribution is 2.25. The minimum atomic E-state index is -1.15. The number of nitrogens with zero attached hydrogens (tertiary/aromatic N) is 3. The average Bonchev–Trinajstić information content (AvgIpc) is 2.30. The number of hydrogen-bond acceptors (Lipinski definition) is 5. The van der Waals surface area contributed by atoms with Crippen molar-refractivity contribution in [1.29, 1.82) is 0 Å². The van der Waals surface area contributed by atoms with E-state index in [9.17, 15) is 4.79 Å². The van der Waals surface area contributed by atoms with Gasteiger partial charge in [0.05, 0.1) is 13.2 Å². The van der Waals surface area contributed by atoms with E-state index in [1.54, 1.807) is 0 Å². The molecular formula is C9H10ClN3O3. The monoisotopic (exact) mass is 243 g/mol. The van der Waals surface area contributed by atoms with Gasteiger partial charge in [0.2, 0.25) is 0 Å². The van der Waals surface area contributed by atoms with Crippen molar-refractivity contribution in [2.45, 2.75) is 0 Å². The molecular weight excluding hydrogens is 234 g/mol. The van der Waals surface area contributed by atoms with Crippen molar-refractivity contribution >= 4 is 23.4 Å². The molecule has 0 bridgehead atoms. The van der Waals surface area contributed by atoms with Gasteiger partial charge in [-0.05, 0) is 0 Å². The molecule has 1 fully saturated rings. The minimum absolute atomic E-state index is 0.0805. The minimum Gasteiger partial charge on any atom is -0.476 e. The maximum atomic E-state index is 10.8. The lowest BCUT2D eigenvalue weighted by molar-refractivity contribution is 0.0690. The highest BCUT2D eigenvalue weighted by molar-refractivity contribution is 6.35. The molecule has 1 aliphatic rings. The van der Waals surface area contributed by atoms with Crippen molar-refractivity contribution in [3.63, 3.8) is 0 Å². The Morgan fingerprint density at radius 2 is 2.12 bits per heavy atom. The first-order chi connectivity index (χ1) is 7.70. The Hall–Kier alpha value is -1.40. The summed E-state index contributed by atoms with van der Waals surface area (Å²) in [4.78, 5) is 20.4. The van der Waals surface area contributed by atoms with Gasteiger partial charge in [0, 0.05) is 13.1 Å². The van der Waals surface area contributed by atoms with Crippen molar-refractivity contribution in [2.24, 2.45) is 0 Å². The summed E-state index contributed by atoms with van der Waals surface area (Å²) in [5, 5.41) is 8.95. The quantitative estimate of drug-likeness (QED) is 0.823. The third-order valence-electron chi connectivity index (χ3n) is 2.28. The van der Waals surface area contributed by atoms with Gasteiger partial charge in [-0.3, -0.25) is 0 Å². The number of ether oxygens (including phenoxy) is 1. The number of carbonyl (C=O) groups is 1. The molecule has 0 atom stereocenters. The van der Waals surface area contributed by atoms with E-state index >= 15 is 0 Å². The zero-order valence-electron chi connectivity index (χ0n) is 8.39. The van der Waals surface area contributed by atoms with Gasteiger partial charge in [-0.25, -0.2) is 14.8 Å². The molecule has 1 aliphatic heterocycles. The van der Waals surface area contributed by atoms with Gasteiger partial charge in [0.15, 0.2) is 11.5 Å². The smallest absolute Gasteiger partial charge is 0.356 e. The molecule has 2 heterocycles. The zero-order chi connectivity index (χ0) is 11.5. The van der Waals surface area contributed by atoms with E-state index in [2.05, 4.69) is 9.97 Å². The summed E-state index contributed by atoms with van der Waals surface area (Å²) in [5.41, 5.74) is -0.168. The first-order valence-corrected chi connectivity index (χ1v) is 5.14. The molecule has 0 amide bonds. The molecule has 1 N–H and O–H groups in total. The van der Waals surface area contributed by atoms with E-state index in [1.165, 1.54) is 6.33 Å². The largest absolute Gasteiger partial charge is 0.476 e. The molecule has 86 valence electrons. The van der Waals surface area contributed by atoms with Crippen LogP contribution in [0.3, 0.4) is 0 Å². The summed E-state index contributed by atoms with van der Waals surface area (Å²) < 4.78 is 5.19. The molecule has 0 aromatic carbocycles. The third-order valence-corrected chi connectivity index (χ3v) is 2.63. The van der Waals surface area contributed by atoms with Crippen LogP contribution < -0.4 is 4.90 Å². The summed E-state index contributed by atoms with van der Waals surface area (Å²) in [5.74, 6) is -0.695. The summed E-state index contributed by atoms with van der Waals surface area (Å²) in [6, 6.07) is 0. The molecule has 0 aliphatic carbocycles. The van der Waals surface area contributed by atoms with Crippen LogP contribution in [0.5, 0.6) is 0 Å². The Morgan fingerprint density at radius 1 is 1.44 bits per heavy atom. The first-order valence-electron chi connectivity index (χ1n) is 4.76. The van der Waals surface area contributed by atoms with Crippen molar-refractivity contribution in [2.75, 3.05) is 31.2 Å². The second-order valence-corrected chi connectivity index (χ2v) is 3.64. The number of carboxylic acid groups (broad SMARTS) is 1. The van der Waals surface area contributed by atoms with E-state index in [0.717, 1.165) is 0 Å². The number of rotatable bonds is 2. The van der Waals surface area contributed by atoms with Crippen LogP contribution in [0.15, 0.2) is 6.33 Å². The van der Waals surface area contributed by atoms with E-state index in [-0.39, 0.29) is 10.7 Å². The van der Waals surface area contributed by atoms with Crippen molar-refractivity contribution in [3.8, 4) is 0 Å². The topological polar surface area (TPSA) is 75.5 Å². The van der Waals surface area contributed by atoms with Crippen LogP contribution in [0.4, 0.5) is 5.82 Å². The van der Waals surface area contributed by atoms with Crippen LogP contribution in [0.1, 0.15) is 10.5 Å². The SMILES string of the molecule is O=C(O)c1ncnc(N2CCOCC2)c1Cl. The van der Waals surface area contributed by atoms with E-state index in [1.807, 2.05) is 4.90 Å². The zero-order valence-corrected chi connectivity index (χ0v) is 9.15. The molecule has 2 rings (SSSR count). The normalized spacial score (nSPS) is 16.2. The van der Waals surface area contributed by atoms with Crippen LogP contribution >= 0.6 is 11.6 Å². The Bertz CT molecular complexity index is 407. The molecule has 0 unspecified atom stereocenters. The number of aromatic nitrogens is 2. The summed E-state index contributed by atoms with van der Waals surface area (Å²) in [6.07, 6.45) is 1.21. The van der Waals surface area contributed by atoms with E-state index in [0.29, 0.717) is 32.1 Å². The van der Waals surface area contributed by atoms with Crippen LogP contribution in [0, 0.1) is 0 Å². The fourth-order valence-electron chi connectivity index (χ4n) is 1.51. The van der Waals surface area contributed by atoms with Crippen LogP contribution in [-0.4, -0.2) is 47.3 Å². The molecule has 6 nitrogen and oxygen atoms in total. The third kappa shape index (κ3) is 2.07. The van der Waals surface area contributed by atoms with Crippen LogP contribution in [0.2, 0.25) is 5.02 Å². The maximum Gasteiger partial charge on any atom is 0.356 e. The van der Waals surface area contributed by atoms with Gasteiger partial charge < -0.3 is 14.7 Å². The Kier molecular flexibility index (Phi) is 3.21. The second kappa shape index (κ2) is 4.63. The van der Waals surface area contributed by atoms with Gasteiger partial charge in [0.1, 0.15) is 11.3 Å². The highest BCUT2D eigenvalue weighted by Gasteiger charge is 2.20. The predicted octanol–water partition coefficient (Wildman–Crippen LogP) is 0.665. The summed E-state index contributed by atoms with van der Waals surface area (Å²) in [7, 11) is 0. The summed E-state index contributed by atoms with van der Waals surface area (Å²) in [6.45, 7) is 2.47. The average molecular weight is 244 g/mol. The lowest BCUT2D eigenvalue weighted by Gasteiger charge is -2.28. The van der Waals surface area contributed by atoms with Crippen molar-refractivity contribution < 1.29 is 14.6 Å². The number of halogens is 1. The molecule has 16 heavy (non-hydrogen) atoms. The summed E-state index contributed by atoms with van der Waals surface area (Å²) >= 11 is 5.95. The van der Waals surface area contributed by atoms with Crippen molar-refractivity contribution in [3.05, 3.63) is 17.0 Å². The van der Waals surface area contributed by atoms with Crippen LogP contribution in [0.25, 0.3) is 0 Å². The molecule has 1 saturated heterocycles. The molecule has 1 aromatic heterocycles. The molecule has 0 radical (unpaired) electrons. The molecule has 1 aromatic rings. The lowest BCUT2D eigenvalue weighted by Crippen LogP contribution is -2.37. The molecule has 7 heteroatoms. The number of aromatic carboxylic acids is 1. The standard InChI is InChI=1S/C9H10ClN3O3/c10-6-7(9(14)15)11-5-12-8(6)13-1-3-16-4-2-13/h5H,1-4H2,(H,14,15). The Morgan fingerprint density at radius 3 is 2.75 bits per heavy atom.